The minimum absolute atomic E-state index is 0.235. The molecule has 0 aromatic heterocycles. The maximum Gasteiger partial charge on any atom is 0.259 e. The van der Waals surface area contributed by atoms with Gasteiger partial charge in [0.2, 0.25) is 5.91 Å². The molecule has 2 aliphatic rings. The van der Waals surface area contributed by atoms with Crippen molar-refractivity contribution in [1.29, 1.82) is 0 Å². The van der Waals surface area contributed by atoms with Crippen LogP contribution in [0.5, 0.6) is 0 Å². The van der Waals surface area contributed by atoms with Gasteiger partial charge in [0.1, 0.15) is 0 Å². The lowest BCUT2D eigenvalue weighted by molar-refractivity contribution is -0.132. The van der Waals surface area contributed by atoms with Gasteiger partial charge in [0.15, 0.2) is 6.10 Å². The van der Waals surface area contributed by atoms with Crippen molar-refractivity contribution < 1.29 is 14.3 Å². The molecule has 1 N–H and O–H groups in total. The number of nitrogens with one attached hydrogen (secondary N) is 1. The monoisotopic (exact) mass is 167 g/mol. The van der Waals surface area contributed by atoms with E-state index in [0.29, 0.717) is 0 Å². The molecular weight excluding hydrogens is 158 g/mol. The van der Waals surface area contributed by atoms with Gasteiger partial charge in [-0.05, 0) is 6.08 Å². The van der Waals surface area contributed by atoms with Gasteiger partial charge >= 0.3 is 0 Å². The Labute approximate surface area is 69.6 Å². The third-order valence-corrected chi connectivity index (χ3v) is 2.19. The topological polar surface area (TPSA) is 55.4 Å². The van der Waals surface area contributed by atoms with Crippen molar-refractivity contribution in [2.75, 3.05) is 0 Å². The smallest absolute Gasteiger partial charge is 0.259 e. The van der Waals surface area contributed by atoms with Crippen molar-refractivity contribution >= 4 is 11.8 Å². The summed E-state index contributed by atoms with van der Waals surface area (Å²) in [6.45, 7) is 1.74. The van der Waals surface area contributed by atoms with E-state index in [2.05, 4.69) is 5.32 Å². The Balaban J connectivity index is 2.31. The van der Waals surface area contributed by atoms with Crippen LogP contribution in [0.15, 0.2) is 12.2 Å². The van der Waals surface area contributed by atoms with Gasteiger partial charge in [-0.3, -0.25) is 14.9 Å². The molecule has 1 saturated heterocycles. The molecule has 4 nitrogen and oxygen atoms in total. The van der Waals surface area contributed by atoms with Gasteiger partial charge < -0.3 is 4.74 Å². The molecule has 2 heterocycles. The molecule has 0 aromatic rings. The summed E-state index contributed by atoms with van der Waals surface area (Å²) in [4.78, 5) is 22.3. The Kier molecular flexibility index (Phi) is 1.51. The van der Waals surface area contributed by atoms with E-state index in [9.17, 15) is 9.59 Å². The summed E-state index contributed by atoms with van der Waals surface area (Å²) >= 11 is 0. The highest BCUT2D eigenvalue weighted by molar-refractivity contribution is 6.00. The number of hydrogen-bond acceptors (Lipinski definition) is 3. The molecule has 0 spiro atoms. The second-order valence-electron chi connectivity index (χ2n) is 3.05. The quantitative estimate of drug-likeness (QED) is 0.394. The number of ether oxygens (including phenoxy) is 1. The van der Waals surface area contributed by atoms with Crippen LogP contribution in [0.25, 0.3) is 0 Å². The van der Waals surface area contributed by atoms with Crippen molar-refractivity contribution in [2.45, 2.75) is 19.1 Å². The van der Waals surface area contributed by atoms with E-state index in [0.717, 1.165) is 0 Å². The van der Waals surface area contributed by atoms with Crippen LogP contribution >= 0.6 is 0 Å². The summed E-state index contributed by atoms with van der Waals surface area (Å²) in [5, 5.41) is 2.27. The van der Waals surface area contributed by atoms with Gasteiger partial charge in [-0.15, -0.1) is 0 Å². The van der Waals surface area contributed by atoms with E-state index in [4.69, 9.17) is 4.74 Å². The third kappa shape index (κ3) is 0.956. The first-order valence-corrected chi connectivity index (χ1v) is 3.87. The Hall–Kier alpha value is -1.16. The van der Waals surface area contributed by atoms with Crippen LogP contribution < -0.4 is 5.32 Å². The second-order valence-corrected chi connectivity index (χ2v) is 3.05. The molecule has 2 bridgehead atoms. The highest BCUT2D eigenvalue weighted by Crippen LogP contribution is 2.21. The first kappa shape index (κ1) is 7.49. The lowest BCUT2D eigenvalue weighted by Gasteiger charge is -2.11. The van der Waals surface area contributed by atoms with Gasteiger partial charge in [-0.25, -0.2) is 0 Å². The first-order valence-electron chi connectivity index (χ1n) is 3.87. The van der Waals surface area contributed by atoms with Crippen molar-refractivity contribution in [3.63, 3.8) is 0 Å². The number of hydrogen-bond donors (Lipinski definition) is 1. The van der Waals surface area contributed by atoms with Gasteiger partial charge in [0.25, 0.3) is 5.91 Å². The summed E-state index contributed by atoms with van der Waals surface area (Å²) in [6.07, 6.45) is 2.65. The van der Waals surface area contributed by atoms with Gasteiger partial charge in [-0.1, -0.05) is 13.0 Å². The number of rotatable bonds is 0. The Bertz CT molecular complexity index is 271. The molecule has 3 atom stereocenters. The lowest BCUT2D eigenvalue weighted by atomic mass is 10.0. The van der Waals surface area contributed by atoms with Crippen LogP contribution in [-0.2, 0) is 14.3 Å². The fourth-order valence-corrected chi connectivity index (χ4v) is 1.36. The Morgan fingerprint density at radius 1 is 1.33 bits per heavy atom. The van der Waals surface area contributed by atoms with Crippen LogP contribution in [0.4, 0.5) is 0 Å². The van der Waals surface area contributed by atoms with Crippen molar-refractivity contribution in [1.82, 2.24) is 5.32 Å². The van der Waals surface area contributed by atoms with Gasteiger partial charge in [0.05, 0.1) is 12.0 Å². The summed E-state index contributed by atoms with van der Waals surface area (Å²) in [5.74, 6) is -0.891. The molecule has 0 aromatic carbocycles. The normalized spacial score (nSPS) is 39.6. The van der Waals surface area contributed by atoms with E-state index in [1.54, 1.807) is 19.1 Å². The fourth-order valence-electron chi connectivity index (χ4n) is 1.36. The number of fused-ring (bicyclic) bond motifs is 2. The lowest BCUT2D eigenvalue weighted by Crippen LogP contribution is -2.38. The molecule has 1 fully saturated rings. The van der Waals surface area contributed by atoms with E-state index in [1.165, 1.54) is 0 Å². The molecule has 0 radical (unpaired) electrons. The van der Waals surface area contributed by atoms with Crippen molar-refractivity contribution in [3.8, 4) is 0 Å². The molecular formula is C8H9NO3. The highest BCUT2D eigenvalue weighted by Gasteiger charge is 2.37. The zero-order valence-corrected chi connectivity index (χ0v) is 6.61. The zero-order chi connectivity index (χ0) is 8.72. The summed E-state index contributed by atoms with van der Waals surface area (Å²) in [5.41, 5.74) is 0. The van der Waals surface area contributed by atoms with E-state index in [1.807, 2.05) is 0 Å². The molecule has 64 valence electrons. The Morgan fingerprint density at radius 2 is 2.08 bits per heavy atom. The average Bonchev–Trinajstić information content (AvgIpc) is 2.47. The fraction of sp³-hybridized carbons (Fsp3) is 0.500. The number of amides is 2. The Morgan fingerprint density at radius 3 is 2.83 bits per heavy atom. The first-order chi connectivity index (χ1) is 5.68. The zero-order valence-electron chi connectivity index (χ0n) is 6.61. The molecule has 2 unspecified atom stereocenters. The van der Waals surface area contributed by atoms with Gasteiger partial charge in [-0.2, -0.15) is 0 Å². The van der Waals surface area contributed by atoms with Gasteiger partial charge in [0, 0.05) is 0 Å². The van der Waals surface area contributed by atoms with Crippen LogP contribution in [-0.4, -0.2) is 24.0 Å². The SMILES string of the molecule is C[C@@H]1C(=O)NC(=O)C2C=CC1O2. The molecule has 2 rings (SSSR count). The largest absolute Gasteiger partial charge is 0.356 e. The molecule has 12 heavy (non-hydrogen) atoms. The van der Waals surface area contributed by atoms with Crippen LogP contribution in [0.1, 0.15) is 6.92 Å². The maximum absolute atomic E-state index is 11.2. The predicted molar refractivity (Wildman–Crippen MR) is 40.1 cm³/mol. The number of carbonyl (C=O) groups excluding carboxylic acids is 2. The summed E-state index contributed by atoms with van der Waals surface area (Å²) in [6, 6.07) is 0. The summed E-state index contributed by atoms with van der Waals surface area (Å²) in [7, 11) is 0. The average molecular weight is 167 g/mol. The van der Waals surface area contributed by atoms with E-state index < -0.39 is 6.10 Å². The summed E-state index contributed by atoms with van der Waals surface area (Å²) < 4.78 is 5.27. The van der Waals surface area contributed by atoms with Crippen molar-refractivity contribution in [3.05, 3.63) is 12.2 Å². The predicted octanol–water partition coefficient (Wildman–Crippen LogP) is -0.398. The maximum atomic E-state index is 11.2. The number of imide groups is 1. The minimum Gasteiger partial charge on any atom is -0.356 e. The van der Waals surface area contributed by atoms with E-state index in [-0.39, 0.29) is 23.8 Å². The van der Waals surface area contributed by atoms with Crippen LogP contribution in [0.2, 0.25) is 0 Å². The van der Waals surface area contributed by atoms with Crippen molar-refractivity contribution in [2.24, 2.45) is 5.92 Å². The standard InChI is InChI=1S/C8H9NO3/c1-4-5-2-3-6(12-5)8(11)9-7(4)10/h2-6H,1H3,(H,9,10,11)/t4-,5?,6?/m0/s1. The molecule has 2 amide bonds. The third-order valence-electron chi connectivity index (χ3n) is 2.19. The molecule has 4 heteroatoms. The molecule has 2 aliphatic heterocycles. The molecule has 0 aliphatic carbocycles. The van der Waals surface area contributed by atoms with Crippen LogP contribution in [0.3, 0.4) is 0 Å². The highest BCUT2D eigenvalue weighted by atomic mass is 16.5. The second kappa shape index (κ2) is 2.42. The minimum atomic E-state index is -0.566. The number of carbonyl (C=O) groups is 2. The van der Waals surface area contributed by atoms with E-state index >= 15 is 0 Å². The molecule has 0 saturated carbocycles. The van der Waals surface area contributed by atoms with Crippen LogP contribution in [0, 0.1) is 5.92 Å².